The Balaban J connectivity index is 1.53. The summed E-state index contributed by atoms with van der Waals surface area (Å²) in [4.78, 5) is 0. The summed E-state index contributed by atoms with van der Waals surface area (Å²) in [6, 6.07) is 20.4. The molecule has 1 spiro atoms. The highest BCUT2D eigenvalue weighted by atomic mass is 14.6. The van der Waals surface area contributed by atoms with Gasteiger partial charge in [-0.2, -0.15) is 0 Å². The average molecular weight is 743 g/mol. The van der Waals surface area contributed by atoms with Crippen molar-refractivity contribution in [3.05, 3.63) is 127 Å². The minimum absolute atomic E-state index is 0.0658. The molecule has 0 heterocycles. The summed E-state index contributed by atoms with van der Waals surface area (Å²) >= 11 is 0. The first-order chi connectivity index (χ1) is 26.5. The van der Waals surface area contributed by atoms with Crippen LogP contribution in [0.3, 0.4) is 0 Å². The van der Waals surface area contributed by atoms with Crippen LogP contribution in [-0.4, -0.2) is 0 Å². The molecule has 294 valence electrons. The molecule has 0 aliphatic heterocycles. The number of fused-ring (bicyclic) bond motifs is 12. The highest BCUT2D eigenvalue weighted by Crippen LogP contribution is 2.69. The molecule has 2 atom stereocenters. The lowest BCUT2D eigenvalue weighted by Crippen LogP contribution is -2.42. The smallest absolute Gasteiger partial charge is 0.0474 e. The van der Waals surface area contributed by atoms with Crippen LogP contribution in [0.2, 0.25) is 0 Å². The van der Waals surface area contributed by atoms with Crippen molar-refractivity contribution in [3.63, 3.8) is 0 Å². The zero-order valence-corrected chi connectivity index (χ0v) is 37.7. The van der Waals surface area contributed by atoms with Crippen molar-refractivity contribution in [2.24, 2.45) is 29.6 Å². The van der Waals surface area contributed by atoms with Gasteiger partial charge >= 0.3 is 0 Å². The summed E-state index contributed by atoms with van der Waals surface area (Å²) < 4.78 is 0. The minimum Gasteiger partial charge on any atom is -0.0654 e. The van der Waals surface area contributed by atoms with Crippen LogP contribution in [0.15, 0.2) is 71.8 Å². The molecule has 0 bridgehead atoms. The molecule has 0 saturated carbocycles. The molecule has 8 rings (SSSR count). The molecule has 0 radical (unpaired) electrons. The normalized spacial score (nSPS) is 21.4. The summed E-state index contributed by atoms with van der Waals surface area (Å²) in [5, 5.41) is 2.95. The summed E-state index contributed by atoms with van der Waals surface area (Å²) in [5.74, 6) is 2.59. The van der Waals surface area contributed by atoms with Gasteiger partial charge in [-0.05, 0) is 165 Å². The molecule has 4 aromatic rings. The van der Waals surface area contributed by atoms with Crippen LogP contribution in [0.4, 0.5) is 0 Å². The molecule has 0 aromatic heterocycles. The van der Waals surface area contributed by atoms with Gasteiger partial charge < -0.3 is 0 Å². The van der Waals surface area contributed by atoms with Crippen molar-refractivity contribution < 1.29 is 0 Å². The Kier molecular flexibility index (Phi) is 9.42. The minimum atomic E-state index is -0.258. The number of hydrogen-bond donors (Lipinski definition) is 0. The van der Waals surface area contributed by atoms with Gasteiger partial charge in [0.1, 0.15) is 0 Å². The van der Waals surface area contributed by atoms with Crippen LogP contribution in [-0.2, 0) is 22.7 Å². The van der Waals surface area contributed by atoms with E-state index < -0.39 is 0 Å². The quantitative estimate of drug-likeness (QED) is 0.160. The number of hydrogen-bond acceptors (Lipinski definition) is 0. The molecule has 0 amide bonds. The number of rotatable bonds is 9. The first-order valence-electron chi connectivity index (χ1n) is 22.6. The molecule has 0 N–H and O–H groups in total. The summed E-state index contributed by atoms with van der Waals surface area (Å²) in [6.45, 7) is 36.7. The van der Waals surface area contributed by atoms with Gasteiger partial charge in [-0.15, -0.1) is 0 Å². The van der Waals surface area contributed by atoms with E-state index in [1.165, 1.54) is 81.0 Å². The Labute approximate surface area is 341 Å². The van der Waals surface area contributed by atoms with E-state index in [9.17, 15) is 0 Å². The summed E-state index contributed by atoms with van der Waals surface area (Å²) in [7, 11) is 0. The lowest BCUT2D eigenvalue weighted by atomic mass is 9.55. The second-order valence-electron chi connectivity index (χ2n) is 20.4. The second kappa shape index (κ2) is 13.5. The fourth-order valence-corrected chi connectivity index (χ4v) is 13.3. The molecule has 4 aliphatic rings. The molecule has 0 heteroatoms. The zero-order chi connectivity index (χ0) is 40.4. The largest absolute Gasteiger partial charge is 0.0654 e. The highest BCUT2D eigenvalue weighted by Gasteiger charge is 2.57. The maximum atomic E-state index is 2.87. The van der Waals surface area contributed by atoms with E-state index in [0.29, 0.717) is 29.6 Å². The predicted octanol–water partition coefficient (Wildman–Crippen LogP) is 15.7. The summed E-state index contributed by atoms with van der Waals surface area (Å²) in [5.41, 5.74) is 23.9. The first-order valence-corrected chi connectivity index (χ1v) is 22.6. The maximum Gasteiger partial charge on any atom is 0.0474 e. The maximum absolute atomic E-state index is 2.87. The van der Waals surface area contributed by atoms with Gasteiger partial charge in [-0.25, -0.2) is 0 Å². The Morgan fingerprint density at radius 1 is 0.625 bits per heavy atom. The first kappa shape index (κ1) is 39.2. The Bertz CT molecular complexity index is 2370. The van der Waals surface area contributed by atoms with E-state index in [1.54, 1.807) is 44.5 Å². The highest BCUT2D eigenvalue weighted by molar-refractivity contribution is 6.13. The van der Waals surface area contributed by atoms with Crippen molar-refractivity contribution in [1.82, 2.24) is 0 Å². The van der Waals surface area contributed by atoms with Crippen molar-refractivity contribution >= 4 is 21.9 Å². The van der Waals surface area contributed by atoms with E-state index in [1.807, 2.05) is 0 Å². The standard InChI is InChI=1S/C56H70/c1-16-37(17-2)39-29-41(38(18-3)19-4)49(32(7)8)56(30-39)46-23-21-40-51(48(46)44-27-35(11)47-34(10)25-33(9)26-43(47)50(44)56)55(14,15)53-42-28-36(24-31(5)6)20-22-45(42)54(12,13)52(40)53/h20-23,25-32,37-38,49H,16-19,24H2,1-15H3. The SMILES string of the molecule is CCC(CC)C1=CC2(c3ccc4c(c3-c3cc(C)c5c(C)cc(C)cc5c32)C(C)(C)C2=C4C(C)(C)c3ccc(CC(C)C)cc32)C(C(C)C)C(C(CC)CC)=C1. The van der Waals surface area contributed by atoms with Gasteiger partial charge in [0.15, 0.2) is 0 Å². The molecular formula is C56H70. The second-order valence-corrected chi connectivity index (χ2v) is 20.4. The van der Waals surface area contributed by atoms with E-state index >= 15 is 0 Å². The third kappa shape index (κ3) is 5.22. The molecule has 2 unspecified atom stereocenters. The molecule has 0 saturated heterocycles. The van der Waals surface area contributed by atoms with Crippen molar-refractivity contribution in [3.8, 4) is 11.1 Å². The van der Waals surface area contributed by atoms with Crippen LogP contribution in [0, 0.1) is 50.4 Å². The van der Waals surface area contributed by atoms with Crippen LogP contribution >= 0.6 is 0 Å². The Morgan fingerprint density at radius 2 is 1.25 bits per heavy atom. The predicted molar refractivity (Wildman–Crippen MR) is 245 cm³/mol. The average Bonchev–Trinajstić information content (AvgIpc) is 3.63. The van der Waals surface area contributed by atoms with Gasteiger partial charge in [0, 0.05) is 22.2 Å². The van der Waals surface area contributed by atoms with E-state index in [0.717, 1.165) is 6.42 Å². The van der Waals surface area contributed by atoms with Crippen molar-refractivity contribution in [2.45, 2.75) is 152 Å². The van der Waals surface area contributed by atoms with Crippen LogP contribution in [0.5, 0.6) is 0 Å². The molecule has 0 fully saturated rings. The van der Waals surface area contributed by atoms with Gasteiger partial charge in [0.25, 0.3) is 0 Å². The molecule has 56 heavy (non-hydrogen) atoms. The summed E-state index contributed by atoms with van der Waals surface area (Å²) in [6.07, 6.45) is 11.4. The van der Waals surface area contributed by atoms with Crippen LogP contribution in [0.1, 0.15) is 164 Å². The van der Waals surface area contributed by atoms with Gasteiger partial charge in [0.05, 0.1) is 0 Å². The Hall–Kier alpha value is -3.64. The van der Waals surface area contributed by atoms with Crippen molar-refractivity contribution in [2.75, 3.05) is 0 Å². The molecule has 4 aliphatic carbocycles. The zero-order valence-electron chi connectivity index (χ0n) is 37.7. The fourth-order valence-electron chi connectivity index (χ4n) is 13.3. The van der Waals surface area contributed by atoms with Gasteiger partial charge in [-0.1, -0.05) is 155 Å². The Morgan fingerprint density at radius 3 is 1.88 bits per heavy atom. The van der Waals surface area contributed by atoms with Crippen LogP contribution in [0.25, 0.3) is 33.0 Å². The third-order valence-corrected chi connectivity index (χ3v) is 15.3. The van der Waals surface area contributed by atoms with Gasteiger partial charge in [-0.3, -0.25) is 0 Å². The lowest BCUT2D eigenvalue weighted by molar-refractivity contribution is 0.298. The molecule has 4 aromatic carbocycles. The van der Waals surface area contributed by atoms with Crippen molar-refractivity contribution in [1.29, 1.82) is 0 Å². The number of aryl methyl sites for hydroxylation is 3. The van der Waals surface area contributed by atoms with Gasteiger partial charge in [0.2, 0.25) is 0 Å². The van der Waals surface area contributed by atoms with E-state index in [4.69, 9.17) is 0 Å². The lowest BCUT2D eigenvalue weighted by Gasteiger charge is -2.47. The fraction of sp³-hybridized carbons (Fsp3) is 0.500. The number of benzene rings is 4. The van der Waals surface area contributed by atoms with Crippen LogP contribution < -0.4 is 0 Å². The number of allylic oxidation sites excluding steroid dienone is 6. The monoisotopic (exact) mass is 743 g/mol. The molecular weight excluding hydrogens is 673 g/mol. The molecule has 0 nitrogen and oxygen atoms in total. The van der Waals surface area contributed by atoms with E-state index in [-0.39, 0.29) is 16.2 Å². The van der Waals surface area contributed by atoms with E-state index in [2.05, 4.69) is 165 Å². The third-order valence-electron chi connectivity index (χ3n) is 15.3. The topological polar surface area (TPSA) is 0 Å².